The number of nitrogens with two attached hydrogens (primary N) is 1. The first kappa shape index (κ1) is 34.0. The number of carboxylic acid groups (broad SMARTS) is 1. The molecule has 2 heterocycles. The SMILES string of the molecule is CC(=O)O.CCCN(C(=O)C(N)CC(C)C)C1(C(=O)NCC)CCN(Cc2c(C)nn(-c3ccccc3)c2C)CC1. The Morgan fingerprint density at radius 2 is 1.71 bits per heavy atom. The van der Waals surface area contributed by atoms with Crippen LogP contribution in [-0.2, 0) is 20.9 Å². The highest BCUT2D eigenvalue weighted by atomic mass is 16.4. The van der Waals surface area contributed by atoms with Crippen molar-refractivity contribution in [2.45, 2.75) is 92.3 Å². The predicted octanol–water partition coefficient (Wildman–Crippen LogP) is 3.66. The van der Waals surface area contributed by atoms with Gasteiger partial charge in [-0.05, 0) is 64.5 Å². The van der Waals surface area contributed by atoms with Gasteiger partial charge in [0.1, 0.15) is 5.54 Å². The number of piperidine rings is 1. The largest absolute Gasteiger partial charge is 0.481 e. The maximum Gasteiger partial charge on any atom is 0.300 e. The third kappa shape index (κ3) is 8.87. The maximum atomic E-state index is 13.6. The Labute approximate surface area is 245 Å². The van der Waals surface area contributed by atoms with E-state index >= 15 is 0 Å². The summed E-state index contributed by atoms with van der Waals surface area (Å²) >= 11 is 0. The van der Waals surface area contributed by atoms with Crippen molar-refractivity contribution in [2.75, 3.05) is 26.2 Å². The summed E-state index contributed by atoms with van der Waals surface area (Å²) < 4.78 is 2.01. The molecule has 0 saturated carbocycles. The number of carboxylic acids is 1. The fraction of sp³-hybridized carbons (Fsp3) is 0.613. The van der Waals surface area contributed by atoms with Crippen molar-refractivity contribution in [1.29, 1.82) is 0 Å². The van der Waals surface area contributed by atoms with Gasteiger partial charge in [-0.3, -0.25) is 19.3 Å². The van der Waals surface area contributed by atoms with Crippen molar-refractivity contribution in [3.05, 3.63) is 47.3 Å². The number of aryl methyl sites for hydroxylation is 1. The van der Waals surface area contributed by atoms with Crippen LogP contribution in [0.1, 0.15) is 77.3 Å². The second-order valence-corrected chi connectivity index (χ2v) is 11.3. The fourth-order valence-corrected chi connectivity index (χ4v) is 5.54. The van der Waals surface area contributed by atoms with E-state index in [0.29, 0.717) is 38.3 Å². The second kappa shape index (κ2) is 15.7. The van der Waals surface area contributed by atoms with Crippen LogP contribution < -0.4 is 11.1 Å². The zero-order valence-electron chi connectivity index (χ0n) is 25.9. The Morgan fingerprint density at radius 3 is 2.22 bits per heavy atom. The lowest BCUT2D eigenvalue weighted by atomic mass is 9.83. The van der Waals surface area contributed by atoms with Crippen LogP contribution in [0.25, 0.3) is 5.69 Å². The molecule has 0 spiro atoms. The third-order valence-corrected chi connectivity index (χ3v) is 7.54. The molecule has 10 heteroatoms. The summed E-state index contributed by atoms with van der Waals surface area (Å²) in [6.45, 7) is 16.6. The van der Waals surface area contributed by atoms with Gasteiger partial charge in [0, 0.05) is 50.9 Å². The van der Waals surface area contributed by atoms with E-state index in [0.717, 1.165) is 50.1 Å². The molecular formula is C31H50N6O4. The number of nitrogens with zero attached hydrogens (tertiary/aromatic N) is 4. The van der Waals surface area contributed by atoms with Gasteiger partial charge < -0.3 is 21.1 Å². The first-order valence-corrected chi connectivity index (χ1v) is 14.8. The molecule has 1 unspecified atom stereocenters. The van der Waals surface area contributed by atoms with Gasteiger partial charge in [0.15, 0.2) is 0 Å². The molecule has 1 saturated heterocycles. The summed E-state index contributed by atoms with van der Waals surface area (Å²) in [4.78, 5) is 40.3. The smallest absolute Gasteiger partial charge is 0.300 e. The van der Waals surface area contributed by atoms with Crippen molar-refractivity contribution in [1.82, 2.24) is 24.9 Å². The summed E-state index contributed by atoms with van der Waals surface area (Å²) in [5.74, 6) is -0.684. The van der Waals surface area contributed by atoms with Crippen LogP contribution in [-0.4, -0.2) is 80.2 Å². The number of aliphatic carboxylic acids is 1. The number of amides is 2. The monoisotopic (exact) mass is 570 g/mol. The van der Waals surface area contributed by atoms with Crippen LogP contribution in [0.3, 0.4) is 0 Å². The summed E-state index contributed by atoms with van der Waals surface area (Å²) in [5, 5.41) is 15.2. The Bertz CT molecular complexity index is 1130. The molecule has 10 nitrogen and oxygen atoms in total. The van der Waals surface area contributed by atoms with E-state index in [9.17, 15) is 9.59 Å². The molecule has 41 heavy (non-hydrogen) atoms. The predicted molar refractivity (Wildman–Crippen MR) is 162 cm³/mol. The van der Waals surface area contributed by atoms with Gasteiger partial charge in [0.25, 0.3) is 5.97 Å². The first-order chi connectivity index (χ1) is 19.4. The minimum Gasteiger partial charge on any atom is -0.481 e. The molecule has 3 rings (SSSR count). The van der Waals surface area contributed by atoms with Crippen molar-refractivity contribution < 1.29 is 19.5 Å². The average molecular weight is 571 g/mol. The number of rotatable bonds is 11. The van der Waals surface area contributed by atoms with E-state index in [1.807, 2.05) is 41.6 Å². The van der Waals surface area contributed by atoms with Gasteiger partial charge in [-0.15, -0.1) is 0 Å². The number of para-hydroxylation sites is 1. The zero-order valence-corrected chi connectivity index (χ0v) is 25.9. The molecule has 1 aromatic heterocycles. The topological polar surface area (TPSA) is 134 Å². The fourth-order valence-electron chi connectivity index (χ4n) is 5.54. The number of hydrogen-bond donors (Lipinski definition) is 3. The lowest BCUT2D eigenvalue weighted by molar-refractivity contribution is -0.152. The summed E-state index contributed by atoms with van der Waals surface area (Å²) in [6, 6.07) is 9.58. The molecular weight excluding hydrogens is 520 g/mol. The number of carbonyl (C=O) groups is 3. The Kier molecular flexibility index (Phi) is 13.0. The van der Waals surface area contributed by atoms with E-state index in [4.69, 9.17) is 20.7 Å². The summed E-state index contributed by atoms with van der Waals surface area (Å²) in [6.07, 6.45) is 2.57. The van der Waals surface area contributed by atoms with Crippen molar-refractivity contribution >= 4 is 17.8 Å². The van der Waals surface area contributed by atoms with Crippen LogP contribution in [0.5, 0.6) is 0 Å². The molecule has 1 aliphatic rings. The van der Waals surface area contributed by atoms with Crippen LogP contribution in [0, 0.1) is 19.8 Å². The number of likely N-dealkylation sites (N-methyl/N-ethyl adjacent to an activating group) is 1. The lowest BCUT2D eigenvalue weighted by Crippen LogP contribution is -2.66. The summed E-state index contributed by atoms with van der Waals surface area (Å²) in [7, 11) is 0. The van der Waals surface area contributed by atoms with Crippen molar-refractivity contribution in [2.24, 2.45) is 11.7 Å². The molecule has 2 aromatic rings. The van der Waals surface area contributed by atoms with Crippen LogP contribution >= 0.6 is 0 Å². The molecule has 2 amide bonds. The van der Waals surface area contributed by atoms with Crippen molar-refractivity contribution in [3.63, 3.8) is 0 Å². The van der Waals surface area contributed by atoms with Gasteiger partial charge >= 0.3 is 0 Å². The zero-order chi connectivity index (χ0) is 30.7. The number of benzene rings is 1. The highest BCUT2D eigenvalue weighted by Gasteiger charge is 2.48. The maximum absolute atomic E-state index is 13.6. The third-order valence-electron chi connectivity index (χ3n) is 7.54. The molecule has 1 fully saturated rings. The quantitative estimate of drug-likeness (QED) is 0.375. The number of likely N-dealkylation sites (tertiary alicyclic amines) is 1. The molecule has 1 aliphatic heterocycles. The molecule has 1 atom stereocenters. The summed E-state index contributed by atoms with van der Waals surface area (Å²) in [5.41, 5.74) is 9.91. The standard InChI is InChI=1S/C29H46N6O2.C2H4O2/c1-7-16-34(27(36)26(30)19-21(3)4)29(28(37)31-8-2)14-17-33(18-15-29)20-25-22(5)32-35(23(25)6)24-12-10-9-11-13-24;1-2(3)4/h9-13,21,26H,7-8,14-20,30H2,1-6H3,(H,31,37);1H3,(H,3,4). The Balaban J connectivity index is 0.00000138. The van der Waals surface area contributed by atoms with Crippen molar-refractivity contribution in [3.8, 4) is 5.69 Å². The van der Waals surface area contributed by atoms with Gasteiger partial charge in [-0.25, -0.2) is 4.68 Å². The van der Waals surface area contributed by atoms with E-state index in [1.165, 1.54) is 5.56 Å². The number of aromatic nitrogens is 2. The second-order valence-electron chi connectivity index (χ2n) is 11.3. The van der Waals surface area contributed by atoms with Crippen LogP contribution in [0.15, 0.2) is 30.3 Å². The molecule has 0 radical (unpaired) electrons. The molecule has 0 aliphatic carbocycles. The highest BCUT2D eigenvalue weighted by Crippen LogP contribution is 2.32. The average Bonchev–Trinajstić information content (AvgIpc) is 3.20. The van der Waals surface area contributed by atoms with Gasteiger partial charge in [-0.2, -0.15) is 5.10 Å². The molecule has 1 aromatic carbocycles. The van der Waals surface area contributed by atoms with Gasteiger partial charge in [-0.1, -0.05) is 39.0 Å². The number of carbonyl (C=O) groups excluding carboxylic acids is 2. The van der Waals surface area contributed by atoms with E-state index < -0.39 is 17.6 Å². The Hall–Kier alpha value is -3.24. The first-order valence-electron chi connectivity index (χ1n) is 14.8. The number of nitrogens with one attached hydrogen (secondary N) is 1. The van der Waals surface area contributed by atoms with E-state index in [-0.39, 0.29) is 11.8 Å². The minimum absolute atomic E-state index is 0.0579. The highest BCUT2D eigenvalue weighted by molar-refractivity contribution is 5.93. The molecule has 0 bridgehead atoms. The van der Waals surface area contributed by atoms with Crippen LogP contribution in [0.2, 0.25) is 0 Å². The van der Waals surface area contributed by atoms with Gasteiger partial charge in [0.2, 0.25) is 11.8 Å². The van der Waals surface area contributed by atoms with Crippen LogP contribution in [0.4, 0.5) is 0 Å². The normalized spacial score (nSPS) is 15.5. The molecule has 228 valence electrons. The minimum atomic E-state index is -0.869. The van der Waals surface area contributed by atoms with Gasteiger partial charge in [0.05, 0.1) is 17.4 Å². The van der Waals surface area contributed by atoms with E-state index in [1.54, 1.807) is 0 Å². The van der Waals surface area contributed by atoms with E-state index in [2.05, 4.69) is 50.0 Å². The lowest BCUT2D eigenvalue weighted by Gasteiger charge is -2.48. The number of hydrogen-bond acceptors (Lipinski definition) is 6. The Morgan fingerprint density at radius 1 is 1.12 bits per heavy atom. The molecule has 4 N–H and O–H groups in total.